The van der Waals surface area contributed by atoms with Crippen molar-refractivity contribution in [1.82, 2.24) is 4.90 Å². The number of benzene rings is 2. The molecule has 1 heterocycles. The summed E-state index contributed by atoms with van der Waals surface area (Å²) in [6.07, 6.45) is 1.22. The van der Waals surface area contributed by atoms with Crippen LogP contribution >= 0.6 is 0 Å². The molecule has 1 saturated heterocycles. The zero-order chi connectivity index (χ0) is 14.7. The van der Waals surface area contributed by atoms with E-state index in [0.717, 1.165) is 13.1 Å². The topological polar surface area (TPSA) is 15.3 Å². The summed E-state index contributed by atoms with van der Waals surface area (Å²) in [7, 11) is 0. The molecule has 1 unspecified atom stereocenters. The van der Waals surface area contributed by atoms with Gasteiger partial charge in [-0.25, -0.2) is 0 Å². The number of rotatable bonds is 4. The van der Waals surface area contributed by atoms with Gasteiger partial charge >= 0.3 is 0 Å². The zero-order valence-electron chi connectivity index (χ0n) is 13.0. The molecule has 110 valence electrons. The van der Waals surface area contributed by atoms with Crippen molar-refractivity contribution in [1.29, 1.82) is 0 Å². The van der Waals surface area contributed by atoms with Gasteiger partial charge in [0.2, 0.25) is 0 Å². The normalized spacial score (nSPS) is 18.9. The van der Waals surface area contributed by atoms with Crippen LogP contribution in [-0.4, -0.2) is 24.0 Å². The molecule has 1 aliphatic heterocycles. The van der Waals surface area contributed by atoms with Crippen LogP contribution in [-0.2, 0) is 6.54 Å². The van der Waals surface area contributed by atoms with Gasteiger partial charge in [-0.1, -0.05) is 42.5 Å². The number of hydrogen-bond acceptors (Lipinski definition) is 2. The molecule has 0 spiro atoms. The highest BCUT2D eigenvalue weighted by molar-refractivity contribution is 5.54. The number of aryl methyl sites for hydroxylation is 1. The maximum absolute atomic E-state index is 3.72. The van der Waals surface area contributed by atoms with E-state index < -0.39 is 0 Å². The number of likely N-dealkylation sites (tertiary alicyclic amines) is 1. The highest BCUT2D eigenvalue weighted by atomic mass is 15.2. The molecule has 0 bridgehead atoms. The standard InChI is InChI=1S/C19H24N2/c1-15-7-6-10-19(16(15)2)20-18-11-12-21(14-18)13-17-8-4-3-5-9-17/h3-10,18,20H,11-14H2,1-2H3. The maximum atomic E-state index is 3.72. The second kappa shape index (κ2) is 6.31. The molecule has 2 aromatic carbocycles. The fourth-order valence-electron chi connectivity index (χ4n) is 3.06. The molecule has 1 fully saturated rings. The van der Waals surface area contributed by atoms with Crippen LogP contribution < -0.4 is 5.32 Å². The van der Waals surface area contributed by atoms with Crippen molar-refractivity contribution in [2.75, 3.05) is 18.4 Å². The third-order valence-electron chi connectivity index (χ3n) is 4.49. The van der Waals surface area contributed by atoms with Crippen molar-refractivity contribution in [2.45, 2.75) is 32.9 Å². The van der Waals surface area contributed by atoms with Crippen LogP contribution in [0.3, 0.4) is 0 Å². The van der Waals surface area contributed by atoms with Crippen molar-refractivity contribution in [3.63, 3.8) is 0 Å². The lowest BCUT2D eigenvalue weighted by atomic mass is 10.1. The SMILES string of the molecule is Cc1cccc(NC2CCN(Cc3ccccc3)C2)c1C. The summed E-state index contributed by atoms with van der Waals surface area (Å²) in [6.45, 7) is 7.75. The lowest BCUT2D eigenvalue weighted by Gasteiger charge is -2.19. The Morgan fingerprint density at radius 1 is 1.05 bits per heavy atom. The fourth-order valence-corrected chi connectivity index (χ4v) is 3.06. The van der Waals surface area contributed by atoms with Crippen LogP contribution in [0.25, 0.3) is 0 Å². The number of nitrogens with zero attached hydrogens (tertiary/aromatic N) is 1. The van der Waals surface area contributed by atoms with Crippen molar-refractivity contribution in [2.24, 2.45) is 0 Å². The Kier molecular flexibility index (Phi) is 4.26. The van der Waals surface area contributed by atoms with Gasteiger partial charge in [0, 0.05) is 31.4 Å². The summed E-state index contributed by atoms with van der Waals surface area (Å²) >= 11 is 0. The first kappa shape index (κ1) is 14.2. The summed E-state index contributed by atoms with van der Waals surface area (Å²) in [5.74, 6) is 0. The Balaban J connectivity index is 1.59. The molecule has 21 heavy (non-hydrogen) atoms. The third kappa shape index (κ3) is 3.45. The van der Waals surface area contributed by atoms with Crippen molar-refractivity contribution < 1.29 is 0 Å². The second-order valence-corrected chi connectivity index (χ2v) is 6.10. The van der Waals surface area contributed by atoms with Gasteiger partial charge in [0.15, 0.2) is 0 Å². The molecule has 0 aromatic heterocycles. The van der Waals surface area contributed by atoms with E-state index in [1.165, 1.54) is 35.3 Å². The molecule has 2 aromatic rings. The van der Waals surface area contributed by atoms with Crippen LogP contribution in [0, 0.1) is 13.8 Å². The van der Waals surface area contributed by atoms with Gasteiger partial charge in [0.1, 0.15) is 0 Å². The van der Waals surface area contributed by atoms with E-state index in [0.29, 0.717) is 6.04 Å². The van der Waals surface area contributed by atoms with Crippen LogP contribution in [0.5, 0.6) is 0 Å². The molecule has 2 heteroatoms. The quantitative estimate of drug-likeness (QED) is 0.911. The summed E-state index contributed by atoms with van der Waals surface area (Å²) in [6, 6.07) is 17.8. The Labute approximate surface area is 127 Å². The van der Waals surface area contributed by atoms with Crippen LogP contribution in [0.4, 0.5) is 5.69 Å². The Morgan fingerprint density at radius 3 is 2.67 bits per heavy atom. The van der Waals surface area contributed by atoms with Gasteiger partial charge < -0.3 is 5.32 Å². The van der Waals surface area contributed by atoms with E-state index in [1.807, 2.05) is 0 Å². The lowest BCUT2D eigenvalue weighted by Crippen LogP contribution is -2.26. The molecule has 0 aliphatic carbocycles. The lowest BCUT2D eigenvalue weighted by molar-refractivity contribution is 0.328. The van der Waals surface area contributed by atoms with Crippen LogP contribution in [0.1, 0.15) is 23.1 Å². The molecular formula is C19H24N2. The molecule has 0 amide bonds. The van der Waals surface area contributed by atoms with E-state index in [9.17, 15) is 0 Å². The Hall–Kier alpha value is -1.80. The highest BCUT2D eigenvalue weighted by Crippen LogP contribution is 2.22. The first-order chi connectivity index (χ1) is 10.2. The van der Waals surface area contributed by atoms with Gasteiger partial charge in [-0.05, 0) is 43.0 Å². The van der Waals surface area contributed by atoms with Crippen LogP contribution in [0.2, 0.25) is 0 Å². The van der Waals surface area contributed by atoms with E-state index in [-0.39, 0.29) is 0 Å². The third-order valence-corrected chi connectivity index (χ3v) is 4.49. The number of nitrogens with one attached hydrogen (secondary N) is 1. The molecule has 0 radical (unpaired) electrons. The molecule has 0 saturated carbocycles. The van der Waals surface area contributed by atoms with Crippen LogP contribution in [0.15, 0.2) is 48.5 Å². The summed E-state index contributed by atoms with van der Waals surface area (Å²) in [5.41, 5.74) is 5.43. The Bertz CT molecular complexity index is 592. The van der Waals surface area contributed by atoms with E-state index in [1.54, 1.807) is 0 Å². The van der Waals surface area contributed by atoms with Gasteiger partial charge in [0.05, 0.1) is 0 Å². The Morgan fingerprint density at radius 2 is 1.86 bits per heavy atom. The minimum Gasteiger partial charge on any atom is -0.381 e. The molecule has 1 aliphatic rings. The number of anilines is 1. The summed E-state index contributed by atoms with van der Waals surface area (Å²) in [5, 5.41) is 3.72. The first-order valence-corrected chi connectivity index (χ1v) is 7.81. The predicted octanol–water partition coefficient (Wildman–Crippen LogP) is 3.99. The monoisotopic (exact) mass is 280 g/mol. The zero-order valence-corrected chi connectivity index (χ0v) is 13.0. The molecule has 1 N–H and O–H groups in total. The maximum Gasteiger partial charge on any atom is 0.0400 e. The van der Waals surface area contributed by atoms with Crippen molar-refractivity contribution >= 4 is 5.69 Å². The van der Waals surface area contributed by atoms with E-state index >= 15 is 0 Å². The predicted molar refractivity (Wildman–Crippen MR) is 89.7 cm³/mol. The largest absolute Gasteiger partial charge is 0.381 e. The molecule has 3 rings (SSSR count). The molecular weight excluding hydrogens is 256 g/mol. The summed E-state index contributed by atoms with van der Waals surface area (Å²) < 4.78 is 0. The van der Waals surface area contributed by atoms with Crippen molar-refractivity contribution in [3.05, 3.63) is 65.2 Å². The second-order valence-electron chi connectivity index (χ2n) is 6.10. The molecule has 1 atom stereocenters. The van der Waals surface area contributed by atoms with Crippen molar-refractivity contribution in [3.8, 4) is 0 Å². The van der Waals surface area contributed by atoms with Gasteiger partial charge in [0.25, 0.3) is 0 Å². The van der Waals surface area contributed by atoms with Gasteiger partial charge in [-0.15, -0.1) is 0 Å². The fraction of sp³-hybridized carbons (Fsp3) is 0.368. The first-order valence-electron chi connectivity index (χ1n) is 7.81. The van der Waals surface area contributed by atoms with Gasteiger partial charge in [-0.2, -0.15) is 0 Å². The highest BCUT2D eigenvalue weighted by Gasteiger charge is 2.22. The van der Waals surface area contributed by atoms with E-state index in [4.69, 9.17) is 0 Å². The van der Waals surface area contributed by atoms with E-state index in [2.05, 4.69) is 72.6 Å². The average Bonchev–Trinajstić information content (AvgIpc) is 2.92. The molecule has 2 nitrogen and oxygen atoms in total. The number of hydrogen-bond donors (Lipinski definition) is 1. The summed E-state index contributed by atoms with van der Waals surface area (Å²) in [4.78, 5) is 2.54. The average molecular weight is 280 g/mol. The minimum absolute atomic E-state index is 0.564. The minimum atomic E-state index is 0.564. The van der Waals surface area contributed by atoms with Gasteiger partial charge in [-0.3, -0.25) is 4.90 Å². The smallest absolute Gasteiger partial charge is 0.0400 e.